The van der Waals surface area contributed by atoms with Crippen LogP contribution in [-0.2, 0) is 10.0 Å². The number of hydrogen-bond donors (Lipinski definition) is 1. The van der Waals surface area contributed by atoms with Crippen LogP contribution in [-0.4, -0.2) is 36.3 Å². The summed E-state index contributed by atoms with van der Waals surface area (Å²) in [4.78, 5) is 4.89. The highest BCUT2D eigenvalue weighted by molar-refractivity contribution is 7.89. The lowest BCUT2D eigenvalue weighted by atomic mass is 10.1. The van der Waals surface area contributed by atoms with E-state index >= 15 is 0 Å². The van der Waals surface area contributed by atoms with Crippen LogP contribution < -0.4 is 5.32 Å². The second-order valence-electron chi connectivity index (χ2n) is 6.53. The predicted molar refractivity (Wildman–Crippen MR) is 101 cm³/mol. The normalized spacial score (nSPS) is 12.6. The fraction of sp³-hybridized carbons (Fsp3) is 0.471. The van der Waals surface area contributed by atoms with Gasteiger partial charge in [-0.3, -0.25) is 0 Å². The quantitative estimate of drug-likeness (QED) is 0.836. The van der Waals surface area contributed by atoms with Crippen molar-refractivity contribution in [3.8, 4) is 11.3 Å². The Bertz CT molecular complexity index is 771. The van der Waals surface area contributed by atoms with E-state index in [4.69, 9.17) is 0 Å². The number of nitrogens with one attached hydrogen (secondary N) is 1. The van der Waals surface area contributed by atoms with Crippen LogP contribution in [0, 0.1) is 0 Å². The van der Waals surface area contributed by atoms with Gasteiger partial charge in [0.05, 0.1) is 10.6 Å². The Morgan fingerprint density at radius 3 is 2.21 bits per heavy atom. The maximum atomic E-state index is 12.5. The highest BCUT2D eigenvalue weighted by Crippen LogP contribution is 2.28. The number of benzene rings is 1. The number of thiazole rings is 1. The van der Waals surface area contributed by atoms with Crippen LogP contribution in [0.1, 0.15) is 34.6 Å². The first-order chi connectivity index (χ1) is 11.2. The maximum absolute atomic E-state index is 12.5. The molecule has 0 aliphatic heterocycles. The second-order valence-corrected chi connectivity index (χ2v) is 9.32. The zero-order chi connectivity index (χ0) is 18.0. The summed E-state index contributed by atoms with van der Waals surface area (Å²) >= 11 is 1.54. The van der Waals surface area contributed by atoms with Gasteiger partial charge in [0.2, 0.25) is 10.0 Å². The molecule has 0 aliphatic carbocycles. The molecule has 2 aromatic rings. The van der Waals surface area contributed by atoms with Crippen LogP contribution in [0.4, 0.5) is 5.13 Å². The van der Waals surface area contributed by atoms with Crippen molar-refractivity contribution in [2.75, 3.05) is 18.4 Å². The molecule has 0 bridgehead atoms. The van der Waals surface area contributed by atoms with Gasteiger partial charge in [-0.1, -0.05) is 26.0 Å². The fourth-order valence-electron chi connectivity index (χ4n) is 2.29. The van der Waals surface area contributed by atoms with Gasteiger partial charge in [0.25, 0.3) is 0 Å². The average molecular weight is 368 g/mol. The number of rotatable bonds is 6. The van der Waals surface area contributed by atoms with E-state index in [-0.39, 0.29) is 5.54 Å². The summed E-state index contributed by atoms with van der Waals surface area (Å²) in [6.07, 6.45) is 0. The molecular weight excluding hydrogens is 342 g/mol. The molecule has 0 atom stereocenters. The van der Waals surface area contributed by atoms with E-state index in [1.54, 1.807) is 23.5 Å². The highest BCUT2D eigenvalue weighted by atomic mass is 32.2. The van der Waals surface area contributed by atoms with E-state index in [2.05, 4.69) is 31.1 Å². The molecule has 2 rings (SSSR count). The molecule has 1 N–H and O–H groups in total. The van der Waals surface area contributed by atoms with Gasteiger partial charge in [-0.05, 0) is 32.9 Å². The minimum atomic E-state index is -3.42. The summed E-state index contributed by atoms with van der Waals surface area (Å²) in [5.41, 5.74) is 1.71. The number of sulfonamides is 1. The van der Waals surface area contributed by atoms with Gasteiger partial charge in [0.15, 0.2) is 5.13 Å². The predicted octanol–water partition coefficient (Wildman–Crippen LogP) is 4.05. The van der Waals surface area contributed by atoms with Crippen molar-refractivity contribution in [3.63, 3.8) is 0 Å². The Hall–Kier alpha value is -1.44. The lowest BCUT2D eigenvalue weighted by Crippen LogP contribution is -2.30. The highest BCUT2D eigenvalue weighted by Gasteiger charge is 2.21. The van der Waals surface area contributed by atoms with Crippen molar-refractivity contribution in [1.82, 2.24) is 9.29 Å². The summed E-state index contributed by atoms with van der Waals surface area (Å²) in [6, 6.07) is 6.93. The second kappa shape index (κ2) is 7.21. The first-order valence-electron chi connectivity index (χ1n) is 8.01. The average Bonchev–Trinajstić information content (AvgIpc) is 2.94. The van der Waals surface area contributed by atoms with Crippen LogP contribution >= 0.6 is 11.3 Å². The maximum Gasteiger partial charge on any atom is 0.243 e. The van der Waals surface area contributed by atoms with Crippen molar-refractivity contribution in [2.24, 2.45) is 0 Å². The first-order valence-corrected chi connectivity index (χ1v) is 10.3. The number of anilines is 1. The van der Waals surface area contributed by atoms with E-state index < -0.39 is 10.0 Å². The van der Waals surface area contributed by atoms with Crippen molar-refractivity contribution >= 4 is 26.5 Å². The Morgan fingerprint density at radius 1 is 1.12 bits per heavy atom. The van der Waals surface area contributed by atoms with Crippen LogP contribution in [0.3, 0.4) is 0 Å². The lowest BCUT2D eigenvalue weighted by molar-refractivity contribution is 0.445. The Morgan fingerprint density at radius 2 is 1.71 bits per heavy atom. The number of aromatic nitrogens is 1. The van der Waals surface area contributed by atoms with E-state index in [9.17, 15) is 8.42 Å². The molecule has 0 aliphatic rings. The number of nitrogens with zero attached hydrogens (tertiary/aromatic N) is 2. The molecular formula is C17H25N3O2S2. The van der Waals surface area contributed by atoms with E-state index in [1.807, 2.05) is 31.4 Å². The van der Waals surface area contributed by atoms with Gasteiger partial charge >= 0.3 is 0 Å². The van der Waals surface area contributed by atoms with E-state index in [0.717, 1.165) is 16.4 Å². The van der Waals surface area contributed by atoms with Crippen molar-refractivity contribution in [3.05, 3.63) is 29.6 Å². The molecule has 1 aromatic carbocycles. The van der Waals surface area contributed by atoms with Gasteiger partial charge in [-0.15, -0.1) is 11.3 Å². The zero-order valence-electron chi connectivity index (χ0n) is 14.8. The van der Waals surface area contributed by atoms with E-state index in [0.29, 0.717) is 18.0 Å². The molecule has 1 heterocycles. The van der Waals surface area contributed by atoms with Crippen molar-refractivity contribution in [1.29, 1.82) is 0 Å². The van der Waals surface area contributed by atoms with Crippen LogP contribution in [0.15, 0.2) is 34.5 Å². The molecule has 24 heavy (non-hydrogen) atoms. The molecule has 0 unspecified atom stereocenters. The van der Waals surface area contributed by atoms with Gasteiger partial charge < -0.3 is 5.32 Å². The molecule has 0 amide bonds. The minimum absolute atomic E-state index is 0.0448. The standard InChI is InChI=1S/C17H25N3O2S2/c1-6-20(7-2)24(21,22)14-10-8-13(9-11-14)15-12-23-16(18-15)19-17(3,4)5/h8-12H,6-7H2,1-5H3,(H,18,19). The summed E-state index contributed by atoms with van der Waals surface area (Å²) in [6.45, 7) is 10.9. The summed E-state index contributed by atoms with van der Waals surface area (Å²) in [7, 11) is -3.42. The summed E-state index contributed by atoms with van der Waals surface area (Å²) < 4.78 is 26.5. The summed E-state index contributed by atoms with van der Waals surface area (Å²) in [5, 5.41) is 6.17. The Balaban J connectivity index is 2.24. The van der Waals surface area contributed by atoms with Crippen LogP contribution in [0.25, 0.3) is 11.3 Å². The molecule has 0 fully saturated rings. The lowest BCUT2D eigenvalue weighted by Gasteiger charge is -2.19. The largest absolute Gasteiger partial charge is 0.357 e. The van der Waals surface area contributed by atoms with Crippen LogP contribution in [0.2, 0.25) is 0 Å². The number of hydrogen-bond acceptors (Lipinski definition) is 5. The topological polar surface area (TPSA) is 62.3 Å². The van der Waals surface area contributed by atoms with E-state index in [1.165, 1.54) is 4.31 Å². The molecule has 7 heteroatoms. The monoisotopic (exact) mass is 367 g/mol. The molecule has 1 aromatic heterocycles. The Labute approximate surface area is 148 Å². The first kappa shape index (κ1) is 18.9. The summed E-state index contributed by atoms with van der Waals surface area (Å²) in [5.74, 6) is 0. The van der Waals surface area contributed by atoms with Crippen LogP contribution in [0.5, 0.6) is 0 Å². The third kappa shape index (κ3) is 4.34. The minimum Gasteiger partial charge on any atom is -0.357 e. The molecule has 0 spiro atoms. The molecule has 5 nitrogen and oxygen atoms in total. The van der Waals surface area contributed by atoms with Gasteiger partial charge in [0.1, 0.15) is 0 Å². The SMILES string of the molecule is CCN(CC)S(=O)(=O)c1ccc(-c2csc(NC(C)(C)C)n2)cc1. The fourth-order valence-corrected chi connectivity index (χ4v) is 4.68. The smallest absolute Gasteiger partial charge is 0.243 e. The third-order valence-electron chi connectivity index (χ3n) is 3.48. The van der Waals surface area contributed by atoms with Crippen molar-refractivity contribution < 1.29 is 8.42 Å². The molecule has 132 valence electrons. The molecule has 0 saturated heterocycles. The van der Waals surface area contributed by atoms with Gasteiger partial charge in [-0.2, -0.15) is 4.31 Å². The third-order valence-corrected chi connectivity index (χ3v) is 6.30. The van der Waals surface area contributed by atoms with Crippen molar-refractivity contribution in [2.45, 2.75) is 45.1 Å². The van der Waals surface area contributed by atoms with Gasteiger partial charge in [-0.25, -0.2) is 13.4 Å². The molecule has 0 saturated carbocycles. The Kier molecular flexibility index (Phi) is 5.67. The van der Waals surface area contributed by atoms with Gasteiger partial charge in [0, 0.05) is 29.6 Å². The molecule has 0 radical (unpaired) electrons. The zero-order valence-corrected chi connectivity index (χ0v) is 16.5.